The normalized spacial score (nSPS) is 18.2. The molecule has 4 rings (SSSR count). The average Bonchev–Trinajstić information content (AvgIpc) is 3.63. The van der Waals surface area contributed by atoms with Crippen LogP contribution in [-0.4, -0.2) is 52.1 Å². The van der Waals surface area contributed by atoms with Crippen LogP contribution < -0.4 is 0 Å². The van der Waals surface area contributed by atoms with E-state index in [4.69, 9.17) is 14.2 Å². The van der Waals surface area contributed by atoms with Gasteiger partial charge in [0.25, 0.3) is 0 Å². The lowest BCUT2D eigenvalue weighted by atomic mass is 9.86. The molecule has 0 radical (unpaired) electrons. The summed E-state index contributed by atoms with van der Waals surface area (Å²) >= 11 is 1.37. The van der Waals surface area contributed by atoms with Crippen molar-refractivity contribution in [3.63, 3.8) is 0 Å². The highest BCUT2D eigenvalue weighted by Gasteiger charge is 2.65. The fraction of sp³-hybridized carbons (Fsp3) is 0.267. The number of esters is 1. The number of ether oxygens (including phenoxy) is 3. The van der Waals surface area contributed by atoms with E-state index >= 15 is 0 Å². The van der Waals surface area contributed by atoms with Gasteiger partial charge in [-0.05, 0) is 42.0 Å². The van der Waals surface area contributed by atoms with Crippen molar-refractivity contribution < 1.29 is 33.4 Å². The first-order valence-electron chi connectivity index (χ1n) is 12.7. The average molecular weight is 563 g/mol. The quantitative estimate of drug-likeness (QED) is 0.190. The van der Waals surface area contributed by atoms with E-state index in [0.717, 1.165) is 10.0 Å². The first-order valence-corrected chi connectivity index (χ1v) is 13.6. The van der Waals surface area contributed by atoms with Crippen LogP contribution in [0.25, 0.3) is 5.57 Å². The Kier molecular flexibility index (Phi) is 9.00. The molecule has 1 saturated heterocycles. The molecule has 1 aromatic heterocycles. The van der Waals surface area contributed by atoms with E-state index < -0.39 is 35.5 Å². The van der Waals surface area contributed by atoms with Gasteiger partial charge in [0.1, 0.15) is 13.2 Å². The van der Waals surface area contributed by atoms with E-state index in [-0.39, 0.29) is 26.2 Å². The molecule has 10 heteroatoms. The molecular formula is C30H30N2O7S. The number of ketones is 1. The zero-order valence-corrected chi connectivity index (χ0v) is 23.1. The minimum absolute atomic E-state index is 0.0459. The molecule has 2 heterocycles. The van der Waals surface area contributed by atoms with Gasteiger partial charge in [-0.1, -0.05) is 73.3 Å². The van der Waals surface area contributed by atoms with E-state index in [2.05, 4.69) is 6.58 Å². The minimum Gasteiger partial charge on any atom is -0.464 e. The molecule has 208 valence electrons. The van der Waals surface area contributed by atoms with Gasteiger partial charge in [0.05, 0.1) is 12.6 Å². The Morgan fingerprint density at radius 1 is 0.875 bits per heavy atom. The third-order valence-electron chi connectivity index (χ3n) is 6.57. The van der Waals surface area contributed by atoms with E-state index in [1.807, 2.05) is 23.6 Å². The van der Waals surface area contributed by atoms with E-state index in [1.54, 1.807) is 61.5 Å². The molecule has 0 aliphatic carbocycles. The van der Waals surface area contributed by atoms with Gasteiger partial charge in [0.15, 0.2) is 5.78 Å². The number of Topliss-reactive ketones (excluding diaryl/α,β-unsaturated/α-hetero) is 1. The highest BCUT2D eigenvalue weighted by Crippen LogP contribution is 2.43. The van der Waals surface area contributed by atoms with Crippen LogP contribution in [0.15, 0.2) is 84.8 Å². The molecule has 0 bridgehead atoms. The molecule has 40 heavy (non-hydrogen) atoms. The van der Waals surface area contributed by atoms with Crippen molar-refractivity contribution >= 4 is 40.8 Å². The lowest BCUT2D eigenvalue weighted by Gasteiger charge is -2.36. The van der Waals surface area contributed by atoms with Gasteiger partial charge in [0.2, 0.25) is 5.54 Å². The van der Waals surface area contributed by atoms with Gasteiger partial charge in [-0.3, -0.25) is 4.79 Å². The highest BCUT2D eigenvalue weighted by atomic mass is 32.1. The lowest BCUT2D eigenvalue weighted by molar-refractivity contribution is -0.165. The first kappa shape index (κ1) is 28.6. The Morgan fingerprint density at radius 2 is 1.45 bits per heavy atom. The smallest absolute Gasteiger partial charge is 0.430 e. The zero-order chi connectivity index (χ0) is 28.7. The molecular weight excluding hydrogens is 532 g/mol. The van der Waals surface area contributed by atoms with Crippen LogP contribution in [0.5, 0.6) is 0 Å². The standard InChI is InChI=1S/C30H30N2O7S/c1-4-37-27(34)30(22(3)33)18-25(21(2)26-16-11-17-40-26)31(28(35)38-19-23-12-7-5-8-13-23)32(30)29(36)39-20-24-14-9-6-10-15-24/h5-17,25H,2,4,18-20H2,1,3H3/t25-,30-/m1/s1. The molecule has 1 aliphatic heterocycles. The second kappa shape index (κ2) is 12.6. The summed E-state index contributed by atoms with van der Waals surface area (Å²) in [5.74, 6) is -1.66. The van der Waals surface area contributed by atoms with Gasteiger partial charge >= 0.3 is 18.2 Å². The highest BCUT2D eigenvalue weighted by molar-refractivity contribution is 7.11. The van der Waals surface area contributed by atoms with E-state index in [9.17, 15) is 19.2 Å². The predicted molar refractivity (Wildman–Crippen MR) is 149 cm³/mol. The van der Waals surface area contributed by atoms with E-state index in [1.165, 1.54) is 18.3 Å². The Labute approximate surface area is 236 Å². The molecule has 9 nitrogen and oxygen atoms in total. The minimum atomic E-state index is -2.18. The molecule has 2 aromatic carbocycles. The number of hydrogen-bond donors (Lipinski definition) is 0. The fourth-order valence-corrected chi connectivity index (χ4v) is 5.30. The van der Waals surface area contributed by atoms with Crippen molar-refractivity contribution in [2.24, 2.45) is 0 Å². The molecule has 3 aromatic rings. The first-order chi connectivity index (χ1) is 19.3. The summed E-state index contributed by atoms with van der Waals surface area (Å²) in [7, 11) is 0. The summed E-state index contributed by atoms with van der Waals surface area (Å²) in [5.41, 5.74) is -0.358. The SMILES string of the molecule is C=C(c1cccs1)[C@H]1C[C@@](C(C)=O)(C(=O)OCC)N(C(=O)OCc2ccccc2)N1C(=O)OCc1ccccc1. The fourth-order valence-electron chi connectivity index (χ4n) is 4.55. The van der Waals surface area contributed by atoms with Gasteiger partial charge in [-0.25, -0.2) is 19.4 Å². The molecule has 0 unspecified atom stereocenters. The molecule has 2 atom stereocenters. The number of benzene rings is 2. The number of thiophene rings is 1. The topological polar surface area (TPSA) is 102 Å². The number of carbonyl (C=O) groups excluding carboxylic acids is 4. The zero-order valence-electron chi connectivity index (χ0n) is 22.3. The van der Waals surface area contributed by atoms with Crippen molar-refractivity contribution in [3.05, 3.63) is 101 Å². The lowest BCUT2D eigenvalue weighted by Crippen LogP contribution is -2.63. The van der Waals surface area contributed by atoms with E-state index in [0.29, 0.717) is 21.6 Å². The largest absolute Gasteiger partial charge is 0.464 e. The van der Waals surface area contributed by atoms with Crippen LogP contribution in [-0.2, 0) is 37.0 Å². The van der Waals surface area contributed by atoms with Gasteiger partial charge in [-0.15, -0.1) is 11.3 Å². The summed E-state index contributed by atoms with van der Waals surface area (Å²) in [6.45, 7) is 6.63. The van der Waals surface area contributed by atoms with Crippen LogP contribution in [0.1, 0.15) is 36.3 Å². The summed E-state index contributed by atoms with van der Waals surface area (Å²) in [6, 6.07) is 20.5. The summed E-state index contributed by atoms with van der Waals surface area (Å²) in [4.78, 5) is 55.0. The molecule has 1 fully saturated rings. The van der Waals surface area contributed by atoms with Gasteiger partial charge in [-0.2, -0.15) is 5.01 Å². The summed E-state index contributed by atoms with van der Waals surface area (Å²) in [6.07, 6.45) is -2.31. The third-order valence-corrected chi connectivity index (χ3v) is 7.51. The summed E-state index contributed by atoms with van der Waals surface area (Å²) < 4.78 is 16.5. The number of hydrogen-bond acceptors (Lipinski definition) is 8. The summed E-state index contributed by atoms with van der Waals surface area (Å²) in [5, 5.41) is 3.56. The predicted octanol–water partition coefficient (Wildman–Crippen LogP) is 5.62. The van der Waals surface area contributed by atoms with Crippen molar-refractivity contribution in [2.75, 3.05) is 6.61 Å². The Balaban J connectivity index is 1.77. The second-order valence-electron chi connectivity index (χ2n) is 9.10. The van der Waals surface area contributed by atoms with Crippen LogP contribution in [0.4, 0.5) is 9.59 Å². The molecule has 0 N–H and O–H groups in total. The van der Waals surface area contributed by atoms with Crippen LogP contribution in [0.2, 0.25) is 0 Å². The molecule has 2 amide bonds. The van der Waals surface area contributed by atoms with Gasteiger partial charge < -0.3 is 14.2 Å². The van der Waals surface area contributed by atoms with Crippen molar-refractivity contribution in [1.82, 2.24) is 10.0 Å². The van der Waals surface area contributed by atoms with Gasteiger partial charge in [0, 0.05) is 11.3 Å². The maximum absolute atomic E-state index is 13.8. The Bertz CT molecular complexity index is 1360. The maximum Gasteiger partial charge on any atom is 0.430 e. The third kappa shape index (κ3) is 5.76. The molecule has 0 saturated carbocycles. The maximum atomic E-state index is 13.8. The number of amides is 2. The Morgan fingerprint density at radius 3 is 1.95 bits per heavy atom. The second-order valence-corrected chi connectivity index (χ2v) is 10.0. The van der Waals surface area contributed by atoms with Crippen molar-refractivity contribution in [2.45, 2.75) is 45.1 Å². The van der Waals surface area contributed by atoms with Crippen LogP contribution in [0.3, 0.4) is 0 Å². The number of nitrogens with zero attached hydrogens (tertiary/aromatic N) is 2. The number of hydrazine groups is 1. The van der Waals surface area contributed by atoms with Crippen LogP contribution in [0, 0.1) is 0 Å². The van der Waals surface area contributed by atoms with Crippen molar-refractivity contribution in [1.29, 1.82) is 0 Å². The van der Waals surface area contributed by atoms with Crippen molar-refractivity contribution in [3.8, 4) is 0 Å². The monoisotopic (exact) mass is 562 g/mol. The molecule has 1 aliphatic rings. The number of carbonyl (C=O) groups is 4. The van der Waals surface area contributed by atoms with Crippen LogP contribution >= 0.6 is 11.3 Å². The molecule has 0 spiro atoms. The Hall–Kier alpha value is -4.44. The number of rotatable bonds is 9.